The molecule has 0 saturated carbocycles. The molecule has 0 unspecified atom stereocenters. The number of allylic oxidation sites excluding steroid dienone is 4. The molecule has 0 fully saturated rings. The smallest absolute Gasteiger partial charge is 0.156 e. The lowest BCUT2D eigenvalue weighted by molar-refractivity contribution is 0.371. The minimum absolute atomic E-state index is 0.669. The van der Waals surface area contributed by atoms with Gasteiger partial charge in [0.15, 0.2) is 5.49 Å². The normalized spacial score (nSPS) is 13.5. The van der Waals surface area contributed by atoms with Crippen molar-refractivity contribution in [3.63, 3.8) is 0 Å². The Balaban J connectivity index is 0.000000166. The summed E-state index contributed by atoms with van der Waals surface area (Å²) >= 11 is 0. The summed E-state index contributed by atoms with van der Waals surface area (Å²) in [6, 6.07) is 21.5. The number of benzene rings is 2. The van der Waals surface area contributed by atoms with Crippen LogP contribution in [0.3, 0.4) is 0 Å². The number of hydrogen-bond donors (Lipinski definition) is 0. The summed E-state index contributed by atoms with van der Waals surface area (Å²) in [5.74, 6) is 0.669. The predicted molar refractivity (Wildman–Crippen MR) is 142 cm³/mol. The molecule has 0 amide bonds. The van der Waals surface area contributed by atoms with Crippen LogP contribution in [0.1, 0.15) is 48.2 Å². The number of nitrogens with zero attached hydrogens (tertiary/aromatic N) is 2. The Labute approximate surface area is 202 Å². The van der Waals surface area contributed by atoms with Crippen molar-refractivity contribution in [2.75, 3.05) is 13.7 Å². The molecule has 0 spiro atoms. The van der Waals surface area contributed by atoms with E-state index in [4.69, 9.17) is 4.74 Å². The average molecular weight is 449 g/mol. The second kappa shape index (κ2) is 10.9. The average Bonchev–Trinajstić information content (AvgIpc) is 3.55. The third-order valence-corrected chi connectivity index (χ3v) is 6.19. The lowest BCUT2D eigenvalue weighted by atomic mass is 10.0. The van der Waals surface area contributed by atoms with E-state index in [1.54, 1.807) is 7.11 Å². The zero-order chi connectivity index (χ0) is 23.9. The molecule has 3 heteroatoms. The maximum absolute atomic E-state index is 5.32. The van der Waals surface area contributed by atoms with E-state index in [1.807, 2.05) is 0 Å². The maximum Gasteiger partial charge on any atom is 0.156 e. The van der Waals surface area contributed by atoms with E-state index in [9.17, 15) is 0 Å². The predicted octanol–water partition coefficient (Wildman–Crippen LogP) is 5.69. The molecule has 2 aliphatic rings. The second-order valence-corrected chi connectivity index (χ2v) is 8.64. The van der Waals surface area contributed by atoms with Crippen LogP contribution in [0.4, 0.5) is 0 Å². The lowest BCUT2D eigenvalue weighted by Gasteiger charge is -2.08. The third-order valence-electron chi connectivity index (χ3n) is 6.19. The van der Waals surface area contributed by atoms with Crippen LogP contribution >= 0.6 is 0 Å². The third kappa shape index (κ3) is 5.43. The Kier molecular flexibility index (Phi) is 7.54. The summed E-state index contributed by atoms with van der Waals surface area (Å²) in [6.45, 7) is 8.98. The number of ether oxygens (including phenoxy) is 1. The van der Waals surface area contributed by atoms with Crippen molar-refractivity contribution in [1.29, 1.82) is 0 Å². The van der Waals surface area contributed by atoms with Gasteiger partial charge in [-0.1, -0.05) is 86.3 Å². The standard InChI is InChI=1S/C16H16N2O.C15H16/c1-10-9-17-16-15(10)13(11(2)19-3)8-14(18-16)12-6-4-5-7-12;1-2-13-9-6-10-15(11-13)12-14-7-4-3-5-8-14/h4-6,8H,2,7,9H2,1,3H3;3-11H,2,12H2,1H3. The molecule has 2 aromatic carbocycles. The highest BCUT2D eigenvalue weighted by Crippen LogP contribution is 2.22. The molecule has 3 nitrogen and oxygen atoms in total. The van der Waals surface area contributed by atoms with Crippen molar-refractivity contribution >= 4 is 16.9 Å². The van der Waals surface area contributed by atoms with Crippen LogP contribution in [0.5, 0.6) is 0 Å². The zero-order valence-corrected chi connectivity index (χ0v) is 20.3. The van der Waals surface area contributed by atoms with Crippen molar-refractivity contribution in [2.24, 2.45) is 4.99 Å². The largest absolute Gasteiger partial charge is 0.497 e. The van der Waals surface area contributed by atoms with Crippen LogP contribution in [0.2, 0.25) is 0 Å². The van der Waals surface area contributed by atoms with E-state index in [2.05, 4.69) is 109 Å². The van der Waals surface area contributed by atoms with Gasteiger partial charge in [-0.3, -0.25) is 4.99 Å². The molecule has 1 aliphatic carbocycles. The molecule has 0 N–H and O–H groups in total. The van der Waals surface area contributed by atoms with Crippen molar-refractivity contribution in [3.8, 4) is 0 Å². The van der Waals surface area contributed by atoms with Crippen molar-refractivity contribution in [1.82, 2.24) is 4.98 Å². The van der Waals surface area contributed by atoms with Crippen molar-refractivity contribution < 1.29 is 4.74 Å². The number of hydrogen-bond acceptors (Lipinski definition) is 3. The first-order valence-electron chi connectivity index (χ1n) is 11.9. The summed E-state index contributed by atoms with van der Waals surface area (Å²) in [5, 5.41) is 1.09. The Morgan fingerprint density at radius 3 is 2.47 bits per heavy atom. The molecule has 34 heavy (non-hydrogen) atoms. The van der Waals surface area contributed by atoms with E-state index < -0.39 is 0 Å². The summed E-state index contributed by atoms with van der Waals surface area (Å²) < 4.78 is 5.32. The maximum atomic E-state index is 5.32. The molecule has 0 bridgehead atoms. The van der Waals surface area contributed by atoms with Gasteiger partial charge in [0.25, 0.3) is 0 Å². The van der Waals surface area contributed by atoms with Crippen molar-refractivity contribution in [3.05, 3.63) is 124 Å². The summed E-state index contributed by atoms with van der Waals surface area (Å²) in [6.07, 6.45) is 9.36. The number of methoxy groups -OCH3 is 1. The summed E-state index contributed by atoms with van der Waals surface area (Å²) in [5.41, 5.74) is 9.43. The SMILES string of the molecule is C=C(OC)c1cc(C2=CC=CC2)nc2c1=C(C)CN=2.CCc1cccc(Cc2ccccc2)c1. The highest BCUT2D eigenvalue weighted by molar-refractivity contribution is 5.72. The van der Waals surface area contributed by atoms with Crippen LogP contribution in [0.25, 0.3) is 16.9 Å². The Bertz CT molecular complexity index is 1360. The van der Waals surface area contributed by atoms with E-state index >= 15 is 0 Å². The first kappa shape index (κ1) is 23.4. The van der Waals surface area contributed by atoms with Crippen LogP contribution in [0, 0.1) is 0 Å². The van der Waals surface area contributed by atoms with Gasteiger partial charge >= 0.3 is 0 Å². The monoisotopic (exact) mass is 448 g/mol. The highest BCUT2D eigenvalue weighted by atomic mass is 16.5. The Morgan fingerprint density at radius 1 is 1.00 bits per heavy atom. The van der Waals surface area contributed by atoms with Gasteiger partial charge in [-0.25, -0.2) is 4.98 Å². The van der Waals surface area contributed by atoms with Crippen LogP contribution in [-0.4, -0.2) is 18.6 Å². The minimum atomic E-state index is 0.669. The van der Waals surface area contributed by atoms with Gasteiger partial charge in [0.2, 0.25) is 0 Å². The van der Waals surface area contributed by atoms with Gasteiger partial charge in [0.05, 0.1) is 19.3 Å². The molecular formula is C31H32N2O. The number of rotatable bonds is 6. The van der Waals surface area contributed by atoms with Gasteiger partial charge in [-0.15, -0.1) is 0 Å². The van der Waals surface area contributed by atoms with Gasteiger partial charge < -0.3 is 4.74 Å². The van der Waals surface area contributed by atoms with E-state index in [-0.39, 0.29) is 0 Å². The zero-order valence-electron chi connectivity index (χ0n) is 20.3. The summed E-state index contributed by atoms with van der Waals surface area (Å²) in [4.78, 5) is 9.17. The summed E-state index contributed by atoms with van der Waals surface area (Å²) in [7, 11) is 1.65. The molecule has 5 rings (SSSR count). The molecule has 3 aromatic rings. The van der Waals surface area contributed by atoms with Crippen LogP contribution in [-0.2, 0) is 17.6 Å². The highest BCUT2D eigenvalue weighted by Gasteiger charge is 2.15. The lowest BCUT2D eigenvalue weighted by Crippen LogP contribution is -2.31. The number of aromatic nitrogens is 1. The first-order chi connectivity index (χ1) is 16.6. The van der Waals surface area contributed by atoms with Gasteiger partial charge in [0.1, 0.15) is 5.76 Å². The van der Waals surface area contributed by atoms with Crippen LogP contribution in [0.15, 0.2) is 90.5 Å². The van der Waals surface area contributed by atoms with E-state index in [0.29, 0.717) is 12.3 Å². The minimum Gasteiger partial charge on any atom is -0.497 e. The van der Waals surface area contributed by atoms with E-state index in [0.717, 1.165) is 41.2 Å². The van der Waals surface area contributed by atoms with Gasteiger partial charge in [-0.05, 0) is 60.1 Å². The fourth-order valence-electron chi connectivity index (χ4n) is 4.26. The first-order valence-corrected chi connectivity index (χ1v) is 11.9. The fraction of sp³-hybridized carbons (Fsp3) is 0.226. The topological polar surface area (TPSA) is 34.5 Å². The molecule has 0 saturated heterocycles. The molecule has 2 heterocycles. The van der Waals surface area contributed by atoms with E-state index in [1.165, 1.54) is 27.8 Å². The number of fused-ring (bicyclic) bond motifs is 1. The fourth-order valence-corrected chi connectivity index (χ4v) is 4.26. The second-order valence-electron chi connectivity index (χ2n) is 8.64. The van der Waals surface area contributed by atoms with Crippen molar-refractivity contribution in [2.45, 2.75) is 33.1 Å². The molecule has 1 aliphatic heterocycles. The Morgan fingerprint density at radius 2 is 1.76 bits per heavy atom. The molecular weight excluding hydrogens is 416 g/mol. The van der Waals surface area contributed by atoms with Gasteiger partial charge in [0, 0.05) is 10.8 Å². The molecule has 0 atom stereocenters. The quantitative estimate of drug-likeness (QED) is 0.454. The number of aryl methyl sites for hydroxylation is 1. The molecule has 172 valence electrons. The Hall–Kier alpha value is -3.72. The van der Waals surface area contributed by atoms with Gasteiger partial charge in [-0.2, -0.15) is 0 Å². The number of pyridine rings is 1. The molecule has 1 aromatic heterocycles. The van der Waals surface area contributed by atoms with Crippen LogP contribution < -0.4 is 10.7 Å². The molecule has 0 radical (unpaired) electrons.